The van der Waals surface area contributed by atoms with Gasteiger partial charge in [-0.15, -0.1) is 0 Å². The first-order chi connectivity index (χ1) is 8.08. The summed E-state index contributed by atoms with van der Waals surface area (Å²) >= 11 is 0. The number of benzene rings is 1. The maximum Gasteiger partial charge on any atom is 0.416 e. The van der Waals surface area contributed by atoms with Crippen LogP contribution in [0.4, 0.5) is 17.6 Å². The predicted octanol–water partition coefficient (Wildman–Crippen LogP) is 3.43. The molecular formula is C12H11F4NO. The van der Waals surface area contributed by atoms with E-state index >= 15 is 0 Å². The molecule has 98 valence electrons. The molecule has 0 heterocycles. The van der Waals surface area contributed by atoms with E-state index in [1.807, 2.05) is 0 Å². The van der Waals surface area contributed by atoms with Crippen LogP contribution in [-0.2, 0) is 6.18 Å². The predicted molar refractivity (Wildman–Crippen MR) is 55.8 cm³/mol. The molecular weight excluding hydrogens is 250 g/mol. The van der Waals surface area contributed by atoms with Crippen molar-refractivity contribution in [1.82, 2.24) is 0 Å². The molecule has 0 aromatic heterocycles. The van der Waals surface area contributed by atoms with E-state index in [0.29, 0.717) is 12.1 Å². The number of aliphatic hydroxyl groups excluding tert-OH is 1. The number of rotatable bonds is 2. The number of hydrogen-bond donors (Lipinski definition) is 1. The Morgan fingerprint density at radius 1 is 1.22 bits per heavy atom. The van der Waals surface area contributed by atoms with Crippen molar-refractivity contribution in [3.8, 4) is 6.07 Å². The molecule has 0 aliphatic heterocycles. The van der Waals surface area contributed by atoms with Crippen molar-refractivity contribution in [3.63, 3.8) is 0 Å². The molecule has 1 rings (SSSR count). The van der Waals surface area contributed by atoms with Crippen LogP contribution in [0.2, 0.25) is 0 Å². The lowest BCUT2D eigenvalue weighted by Gasteiger charge is -2.24. The fourth-order valence-corrected chi connectivity index (χ4v) is 1.41. The molecule has 0 bridgehead atoms. The number of hydrogen-bond acceptors (Lipinski definition) is 2. The van der Waals surface area contributed by atoms with Crippen LogP contribution in [0.15, 0.2) is 18.2 Å². The van der Waals surface area contributed by atoms with E-state index in [1.165, 1.54) is 13.8 Å². The summed E-state index contributed by atoms with van der Waals surface area (Å²) in [5, 5.41) is 18.6. The zero-order chi connectivity index (χ0) is 14.1. The molecule has 0 saturated carbocycles. The van der Waals surface area contributed by atoms with Gasteiger partial charge in [0.05, 0.1) is 23.2 Å². The average Bonchev–Trinajstić information content (AvgIpc) is 2.26. The Labute approximate surface area is 101 Å². The maximum absolute atomic E-state index is 13.1. The lowest BCUT2D eigenvalue weighted by atomic mass is 9.84. The molecule has 0 radical (unpaired) electrons. The highest BCUT2D eigenvalue weighted by Gasteiger charge is 2.34. The zero-order valence-electron chi connectivity index (χ0n) is 9.72. The smallest absolute Gasteiger partial charge is 0.387 e. The second-order valence-electron chi connectivity index (χ2n) is 4.51. The number of nitrogens with zero attached hydrogens (tertiary/aromatic N) is 1. The van der Waals surface area contributed by atoms with Crippen molar-refractivity contribution in [2.75, 3.05) is 0 Å². The van der Waals surface area contributed by atoms with Gasteiger partial charge in [-0.1, -0.05) is 0 Å². The second-order valence-corrected chi connectivity index (χ2v) is 4.51. The zero-order valence-corrected chi connectivity index (χ0v) is 9.72. The molecule has 1 unspecified atom stereocenters. The first kappa shape index (κ1) is 14.5. The highest BCUT2D eigenvalue weighted by molar-refractivity contribution is 5.30. The van der Waals surface area contributed by atoms with Gasteiger partial charge in [-0.05, 0) is 37.6 Å². The fourth-order valence-electron chi connectivity index (χ4n) is 1.41. The largest absolute Gasteiger partial charge is 0.416 e. The number of nitriles is 1. The van der Waals surface area contributed by atoms with Gasteiger partial charge in [0.15, 0.2) is 0 Å². The van der Waals surface area contributed by atoms with Gasteiger partial charge in [-0.2, -0.15) is 18.4 Å². The first-order valence-electron chi connectivity index (χ1n) is 5.05. The monoisotopic (exact) mass is 261 g/mol. The van der Waals surface area contributed by atoms with E-state index in [4.69, 9.17) is 5.26 Å². The van der Waals surface area contributed by atoms with Crippen molar-refractivity contribution in [2.24, 2.45) is 5.41 Å². The van der Waals surface area contributed by atoms with Gasteiger partial charge in [0.1, 0.15) is 5.82 Å². The van der Waals surface area contributed by atoms with E-state index in [9.17, 15) is 22.7 Å². The van der Waals surface area contributed by atoms with Crippen molar-refractivity contribution < 1.29 is 22.7 Å². The van der Waals surface area contributed by atoms with Crippen molar-refractivity contribution in [3.05, 3.63) is 35.1 Å². The maximum atomic E-state index is 13.1. The van der Waals surface area contributed by atoms with Crippen LogP contribution in [0.1, 0.15) is 31.1 Å². The Morgan fingerprint density at radius 2 is 1.78 bits per heavy atom. The van der Waals surface area contributed by atoms with Crippen LogP contribution < -0.4 is 0 Å². The summed E-state index contributed by atoms with van der Waals surface area (Å²) in [6.45, 7) is 2.71. The van der Waals surface area contributed by atoms with E-state index in [2.05, 4.69) is 0 Å². The summed E-state index contributed by atoms with van der Waals surface area (Å²) in [5.41, 5.74) is -2.77. The van der Waals surface area contributed by atoms with Crippen molar-refractivity contribution in [2.45, 2.75) is 26.1 Å². The molecule has 0 fully saturated rings. The van der Waals surface area contributed by atoms with Gasteiger partial charge in [0.25, 0.3) is 0 Å². The van der Waals surface area contributed by atoms with Crippen LogP contribution in [-0.4, -0.2) is 5.11 Å². The van der Waals surface area contributed by atoms with Gasteiger partial charge in [0, 0.05) is 0 Å². The third-order valence-electron chi connectivity index (χ3n) is 2.53. The van der Waals surface area contributed by atoms with Crippen molar-refractivity contribution >= 4 is 0 Å². The van der Waals surface area contributed by atoms with Gasteiger partial charge in [0.2, 0.25) is 0 Å². The highest BCUT2D eigenvalue weighted by atomic mass is 19.4. The molecule has 18 heavy (non-hydrogen) atoms. The Balaban J connectivity index is 3.28. The molecule has 0 aliphatic carbocycles. The lowest BCUT2D eigenvalue weighted by molar-refractivity contribution is -0.137. The van der Waals surface area contributed by atoms with E-state index in [1.54, 1.807) is 6.07 Å². The quantitative estimate of drug-likeness (QED) is 0.829. The Kier molecular flexibility index (Phi) is 3.67. The number of halogens is 4. The summed E-state index contributed by atoms with van der Waals surface area (Å²) in [4.78, 5) is 0. The van der Waals surface area contributed by atoms with Crippen LogP contribution in [0.25, 0.3) is 0 Å². The molecule has 1 atom stereocenters. The summed E-state index contributed by atoms with van der Waals surface area (Å²) in [6.07, 6.45) is -6.20. The third kappa shape index (κ3) is 2.99. The van der Waals surface area contributed by atoms with Crippen LogP contribution in [0, 0.1) is 22.6 Å². The molecule has 0 amide bonds. The molecule has 0 spiro atoms. The van der Waals surface area contributed by atoms with E-state index in [0.717, 1.165) is 6.07 Å². The third-order valence-corrected chi connectivity index (χ3v) is 2.53. The van der Waals surface area contributed by atoms with Gasteiger partial charge >= 0.3 is 6.18 Å². The molecule has 0 saturated heterocycles. The molecule has 1 N–H and O–H groups in total. The fraction of sp³-hybridized carbons (Fsp3) is 0.417. The summed E-state index contributed by atoms with van der Waals surface area (Å²) in [6, 6.07) is 3.54. The first-order valence-corrected chi connectivity index (χ1v) is 5.05. The Morgan fingerprint density at radius 3 is 2.22 bits per heavy atom. The van der Waals surface area contributed by atoms with Gasteiger partial charge in [-0.3, -0.25) is 0 Å². The molecule has 1 aromatic rings. The van der Waals surface area contributed by atoms with Gasteiger partial charge < -0.3 is 5.11 Å². The number of aliphatic hydroxyl groups is 1. The minimum Gasteiger partial charge on any atom is -0.387 e. The van der Waals surface area contributed by atoms with Crippen LogP contribution >= 0.6 is 0 Å². The number of alkyl halides is 3. The minimum absolute atomic E-state index is 0.270. The normalized spacial score (nSPS) is 14.1. The van der Waals surface area contributed by atoms with Crippen LogP contribution in [0.5, 0.6) is 0 Å². The Hall–Kier alpha value is -1.61. The second kappa shape index (κ2) is 4.58. The highest BCUT2D eigenvalue weighted by Crippen LogP contribution is 2.36. The standard InChI is InChI=1S/C12H11F4NO/c1-11(2,6-17)10(18)7-3-8(12(14,15)16)5-9(13)4-7/h3-5,10,18H,1-2H3. The summed E-state index contributed by atoms with van der Waals surface area (Å²) in [5.74, 6) is -1.10. The van der Waals surface area contributed by atoms with Crippen LogP contribution in [0.3, 0.4) is 0 Å². The minimum atomic E-state index is -4.70. The Bertz CT molecular complexity index is 488. The molecule has 2 nitrogen and oxygen atoms in total. The topological polar surface area (TPSA) is 44.0 Å². The molecule has 0 aliphatic rings. The van der Waals surface area contributed by atoms with Crippen molar-refractivity contribution in [1.29, 1.82) is 5.26 Å². The van der Waals surface area contributed by atoms with Gasteiger partial charge in [-0.25, -0.2) is 4.39 Å². The SMILES string of the molecule is CC(C)(C#N)C(O)c1cc(F)cc(C(F)(F)F)c1. The lowest BCUT2D eigenvalue weighted by Crippen LogP contribution is -2.20. The summed E-state index contributed by atoms with van der Waals surface area (Å²) in [7, 11) is 0. The van der Waals surface area contributed by atoms with E-state index < -0.39 is 29.1 Å². The molecule has 6 heteroatoms. The summed E-state index contributed by atoms with van der Waals surface area (Å²) < 4.78 is 50.5. The molecule has 1 aromatic carbocycles. The van der Waals surface area contributed by atoms with E-state index in [-0.39, 0.29) is 5.56 Å². The average molecular weight is 261 g/mol.